The molecule has 0 spiro atoms. The van der Waals surface area contributed by atoms with Crippen molar-refractivity contribution in [1.29, 1.82) is 5.26 Å². The Morgan fingerprint density at radius 3 is 2.65 bits per heavy atom. The van der Waals surface area contributed by atoms with E-state index in [1.165, 1.54) is 17.5 Å². The van der Waals surface area contributed by atoms with Crippen LogP contribution in [-0.2, 0) is 18.0 Å². The highest BCUT2D eigenvalue weighted by Crippen LogP contribution is 2.37. The number of thiophene rings is 1. The zero-order chi connectivity index (χ0) is 23.9. The fourth-order valence-electron chi connectivity index (χ4n) is 3.24. The predicted octanol–water partition coefficient (Wildman–Crippen LogP) is 5.44. The maximum absolute atomic E-state index is 11.7. The Morgan fingerprint density at radius 1 is 1.12 bits per heavy atom. The highest BCUT2D eigenvalue weighted by atomic mass is 32.1. The van der Waals surface area contributed by atoms with E-state index in [9.17, 15) is 4.79 Å². The number of hydrogen-bond acceptors (Lipinski definition) is 9. The summed E-state index contributed by atoms with van der Waals surface area (Å²) in [4.78, 5) is 15.9. The molecule has 0 saturated heterocycles. The molecule has 0 bridgehead atoms. The number of pyridine rings is 1. The SMILES string of the molecule is CCOC(=O)Oc1cnc(N)c2c(COc3cccc(OCc4cccc(C#N)c4)c3)csc12. The molecule has 2 heterocycles. The molecule has 0 amide bonds. The molecule has 0 aliphatic heterocycles. The average molecular weight is 476 g/mol. The van der Waals surface area contributed by atoms with Gasteiger partial charge in [-0.15, -0.1) is 11.3 Å². The van der Waals surface area contributed by atoms with Crippen LogP contribution in [0.5, 0.6) is 17.2 Å². The fraction of sp³-hybridized carbons (Fsp3) is 0.160. The van der Waals surface area contributed by atoms with E-state index in [-0.39, 0.29) is 19.0 Å². The highest BCUT2D eigenvalue weighted by Gasteiger charge is 2.17. The molecule has 9 heteroatoms. The van der Waals surface area contributed by atoms with Gasteiger partial charge in [-0.2, -0.15) is 5.26 Å². The van der Waals surface area contributed by atoms with Gasteiger partial charge in [-0.25, -0.2) is 9.78 Å². The summed E-state index contributed by atoms with van der Waals surface area (Å²) < 4.78 is 22.6. The first-order valence-corrected chi connectivity index (χ1v) is 11.3. The van der Waals surface area contributed by atoms with E-state index in [1.54, 1.807) is 25.1 Å². The Hall–Kier alpha value is -4.29. The van der Waals surface area contributed by atoms with Gasteiger partial charge in [0, 0.05) is 17.0 Å². The molecule has 0 aliphatic carbocycles. The molecule has 4 aromatic rings. The van der Waals surface area contributed by atoms with Crippen molar-refractivity contribution in [3.8, 4) is 23.3 Å². The number of fused-ring (bicyclic) bond motifs is 1. The second kappa shape index (κ2) is 10.6. The number of nitrogens with two attached hydrogens (primary N) is 1. The van der Waals surface area contributed by atoms with Crippen LogP contribution in [-0.4, -0.2) is 17.7 Å². The molecular formula is C25H21N3O5S. The van der Waals surface area contributed by atoms with Crippen LogP contribution in [0.25, 0.3) is 10.1 Å². The smallest absolute Gasteiger partial charge is 0.489 e. The molecule has 2 N–H and O–H groups in total. The number of nitrogens with zero attached hydrogens (tertiary/aromatic N) is 2. The van der Waals surface area contributed by atoms with Gasteiger partial charge in [-0.1, -0.05) is 18.2 Å². The number of hydrogen-bond donors (Lipinski definition) is 1. The maximum atomic E-state index is 11.7. The van der Waals surface area contributed by atoms with Gasteiger partial charge < -0.3 is 24.7 Å². The van der Waals surface area contributed by atoms with Crippen LogP contribution >= 0.6 is 11.3 Å². The third-order valence-electron chi connectivity index (χ3n) is 4.78. The van der Waals surface area contributed by atoms with Gasteiger partial charge in [0.15, 0.2) is 5.75 Å². The first-order valence-electron chi connectivity index (χ1n) is 10.4. The van der Waals surface area contributed by atoms with Crippen LogP contribution in [0, 0.1) is 11.3 Å². The molecule has 0 radical (unpaired) electrons. The normalized spacial score (nSPS) is 10.5. The summed E-state index contributed by atoms with van der Waals surface area (Å²) in [5, 5.41) is 11.6. The van der Waals surface area contributed by atoms with E-state index >= 15 is 0 Å². The van der Waals surface area contributed by atoms with Crippen molar-refractivity contribution in [3.05, 3.63) is 76.8 Å². The molecule has 0 atom stereocenters. The summed E-state index contributed by atoms with van der Waals surface area (Å²) in [6.45, 7) is 2.48. The van der Waals surface area contributed by atoms with Gasteiger partial charge in [-0.3, -0.25) is 0 Å². The summed E-state index contributed by atoms with van der Waals surface area (Å²) >= 11 is 1.38. The van der Waals surface area contributed by atoms with E-state index in [0.29, 0.717) is 39.6 Å². The van der Waals surface area contributed by atoms with E-state index in [2.05, 4.69) is 11.1 Å². The number of nitriles is 1. The molecule has 0 saturated carbocycles. The van der Waals surface area contributed by atoms with E-state index in [1.807, 2.05) is 35.7 Å². The lowest BCUT2D eigenvalue weighted by Gasteiger charge is -2.10. The van der Waals surface area contributed by atoms with Crippen molar-refractivity contribution in [3.63, 3.8) is 0 Å². The summed E-state index contributed by atoms with van der Waals surface area (Å²) in [6, 6.07) is 16.7. The van der Waals surface area contributed by atoms with Crippen molar-refractivity contribution in [2.45, 2.75) is 20.1 Å². The van der Waals surface area contributed by atoms with E-state index in [0.717, 1.165) is 11.1 Å². The molecule has 4 rings (SSSR count). The van der Waals surface area contributed by atoms with E-state index in [4.69, 9.17) is 29.9 Å². The Morgan fingerprint density at radius 2 is 1.88 bits per heavy atom. The minimum absolute atomic E-state index is 0.211. The summed E-state index contributed by atoms with van der Waals surface area (Å²) in [5.74, 6) is 1.87. The monoisotopic (exact) mass is 475 g/mol. The van der Waals surface area contributed by atoms with Crippen molar-refractivity contribution >= 4 is 33.4 Å². The lowest BCUT2D eigenvalue weighted by molar-refractivity contribution is 0.105. The minimum atomic E-state index is -0.794. The number of ether oxygens (including phenoxy) is 4. The van der Waals surface area contributed by atoms with Gasteiger partial charge in [0.25, 0.3) is 0 Å². The Bertz CT molecular complexity index is 1360. The van der Waals surface area contributed by atoms with Crippen LogP contribution in [0.4, 0.5) is 10.6 Å². The Labute approximate surface area is 200 Å². The molecule has 2 aromatic heterocycles. The predicted molar refractivity (Wildman–Crippen MR) is 128 cm³/mol. The van der Waals surface area contributed by atoms with Gasteiger partial charge in [0.05, 0.1) is 29.1 Å². The minimum Gasteiger partial charge on any atom is -0.489 e. The molecule has 172 valence electrons. The number of rotatable bonds is 8. The Balaban J connectivity index is 1.45. The molecule has 0 unspecified atom stereocenters. The van der Waals surface area contributed by atoms with Gasteiger partial charge in [0.2, 0.25) is 0 Å². The topological polar surface area (TPSA) is 117 Å². The van der Waals surface area contributed by atoms with Crippen molar-refractivity contribution < 1.29 is 23.7 Å². The Kier molecular flexibility index (Phi) is 7.10. The highest BCUT2D eigenvalue weighted by molar-refractivity contribution is 7.17. The lowest BCUT2D eigenvalue weighted by Crippen LogP contribution is -2.10. The standard InChI is InChI=1S/C25H21N3O5S/c1-2-30-25(29)33-21-12-28-24(27)22-18(15-34-23(21)22)14-32-20-8-4-7-19(10-20)31-13-17-6-3-5-16(9-17)11-26/h3-10,12,15H,2,13-14H2,1H3,(H2,27,28). The van der Waals surface area contributed by atoms with Crippen molar-refractivity contribution in [2.75, 3.05) is 12.3 Å². The lowest BCUT2D eigenvalue weighted by atomic mass is 10.1. The van der Waals surface area contributed by atoms with Crippen molar-refractivity contribution in [1.82, 2.24) is 4.98 Å². The number of nitrogen functional groups attached to an aromatic ring is 1. The average Bonchev–Trinajstić information content (AvgIpc) is 3.29. The second-order valence-corrected chi connectivity index (χ2v) is 8.00. The number of carbonyl (C=O) groups is 1. The second-order valence-electron chi connectivity index (χ2n) is 7.12. The number of benzene rings is 2. The largest absolute Gasteiger partial charge is 0.513 e. The van der Waals surface area contributed by atoms with Crippen LogP contribution in [0.1, 0.15) is 23.6 Å². The maximum Gasteiger partial charge on any atom is 0.513 e. The molecule has 0 fully saturated rings. The summed E-state index contributed by atoms with van der Waals surface area (Å²) in [5.41, 5.74) is 8.41. The molecular weight excluding hydrogens is 454 g/mol. The molecule has 2 aromatic carbocycles. The van der Waals surface area contributed by atoms with Gasteiger partial charge in [-0.05, 0) is 42.1 Å². The van der Waals surface area contributed by atoms with Crippen molar-refractivity contribution in [2.24, 2.45) is 0 Å². The number of aromatic nitrogens is 1. The third kappa shape index (κ3) is 5.36. The van der Waals surface area contributed by atoms with Crippen LogP contribution in [0.15, 0.2) is 60.1 Å². The zero-order valence-corrected chi connectivity index (χ0v) is 19.1. The summed E-state index contributed by atoms with van der Waals surface area (Å²) in [6.07, 6.45) is 0.612. The van der Waals surface area contributed by atoms with Crippen LogP contribution in [0.2, 0.25) is 0 Å². The molecule has 34 heavy (non-hydrogen) atoms. The first-order chi connectivity index (χ1) is 16.6. The zero-order valence-electron chi connectivity index (χ0n) is 18.3. The fourth-order valence-corrected chi connectivity index (χ4v) is 4.25. The number of carbonyl (C=O) groups excluding carboxylic acids is 1. The number of anilines is 1. The first kappa shape index (κ1) is 22.9. The third-order valence-corrected chi connectivity index (χ3v) is 5.83. The molecule has 0 aliphatic rings. The van der Waals surface area contributed by atoms with Crippen LogP contribution < -0.4 is 19.9 Å². The van der Waals surface area contributed by atoms with Gasteiger partial charge >= 0.3 is 6.16 Å². The van der Waals surface area contributed by atoms with Gasteiger partial charge in [0.1, 0.15) is 30.5 Å². The quantitative estimate of drug-likeness (QED) is 0.335. The molecule has 8 nitrogen and oxygen atoms in total. The van der Waals surface area contributed by atoms with E-state index < -0.39 is 6.16 Å². The van der Waals surface area contributed by atoms with Crippen LogP contribution in [0.3, 0.4) is 0 Å². The summed E-state index contributed by atoms with van der Waals surface area (Å²) in [7, 11) is 0.